The minimum atomic E-state index is -0.897. The van der Waals surface area contributed by atoms with Crippen molar-refractivity contribution in [2.45, 2.75) is 13.5 Å². The van der Waals surface area contributed by atoms with Crippen molar-refractivity contribution < 1.29 is 18.3 Å². The van der Waals surface area contributed by atoms with E-state index in [1.807, 2.05) is 0 Å². The van der Waals surface area contributed by atoms with E-state index in [4.69, 9.17) is 4.74 Å². The van der Waals surface area contributed by atoms with Crippen molar-refractivity contribution in [2.75, 3.05) is 12.4 Å². The summed E-state index contributed by atoms with van der Waals surface area (Å²) >= 11 is 0. The van der Waals surface area contributed by atoms with Gasteiger partial charge in [0.15, 0.2) is 0 Å². The van der Waals surface area contributed by atoms with Crippen LogP contribution in [-0.4, -0.2) is 27.4 Å². The molecule has 0 bridgehead atoms. The maximum atomic E-state index is 14.0. The van der Waals surface area contributed by atoms with Gasteiger partial charge in [-0.2, -0.15) is 4.68 Å². The summed E-state index contributed by atoms with van der Waals surface area (Å²) in [6.07, 6.45) is 0. The Kier molecular flexibility index (Phi) is 5.53. The topological polar surface area (TPSA) is 95.2 Å². The van der Waals surface area contributed by atoms with Gasteiger partial charge in [0.05, 0.1) is 19.3 Å². The highest BCUT2D eigenvalue weighted by Crippen LogP contribution is 2.14. The van der Waals surface area contributed by atoms with Crippen LogP contribution in [0.2, 0.25) is 0 Å². The highest BCUT2D eigenvalue weighted by molar-refractivity contribution is 5.88. The lowest BCUT2D eigenvalue weighted by Gasteiger charge is -2.12. The number of benzene rings is 2. The quantitative estimate of drug-likeness (QED) is 0.701. The van der Waals surface area contributed by atoms with E-state index in [2.05, 4.69) is 10.4 Å². The Morgan fingerprint density at radius 1 is 1.17 bits per heavy atom. The summed E-state index contributed by atoms with van der Waals surface area (Å²) in [5.41, 5.74) is -1.13. The van der Waals surface area contributed by atoms with Crippen LogP contribution >= 0.6 is 0 Å². The highest BCUT2D eigenvalue weighted by Gasteiger charge is 2.17. The maximum Gasteiger partial charge on any atom is 0.352 e. The summed E-state index contributed by atoms with van der Waals surface area (Å²) in [4.78, 5) is 36.7. The van der Waals surface area contributed by atoms with Crippen LogP contribution in [0.25, 0.3) is 5.69 Å². The number of halogens is 2. The molecular formula is C19H16F2N4O4. The first-order chi connectivity index (χ1) is 13.8. The molecular weight excluding hydrogens is 386 g/mol. The van der Waals surface area contributed by atoms with Crippen molar-refractivity contribution in [3.63, 3.8) is 0 Å². The summed E-state index contributed by atoms with van der Waals surface area (Å²) in [7, 11) is 1.20. The zero-order valence-electron chi connectivity index (χ0n) is 15.5. The van der Waals surface area contributed by atoms with Gasteiger partial charge in [-0.15, -0.1) is 5.10 Å². The fraction of sp³-hybridized carbons (Fsp3) is 0.158. The van der Waals surface area contributed by atoms with Gasteiger partial charge in [0.1, 0.15) is 11.6 Å². The van der Waals surface area contributed by atoms with Crippen LogP contribution in [0.4, 0.5) is 14.5 Å². The second-order valence-electron chi connectivity index (χ2n) is 6.06. The van der Waals surface area contributed by atoms with Gasteiger partial charge >= 0.3 is 11.2 Å². The van der Waals surface area contributed by atoms with Crippen LogP contribution in [0.5, 0.6) is 5.88 Å². The summed E-state index contributed by atoms with van der Waals surface area (Å²) < 4.78 is 33.8. The lowest BCUT2D eigenvalue weighted by molar-refractivity contribution is -0.114. The smallest absolute Gasteiger partial charge is 0.352 e. The number of anilines is 1. The van der Waals surface area contributed by atoms with E-state index < -0.39 is 35.3 Å². The zero-order chi connectivity index (χ0) is 21.1. The van der Waals surface area contributed by atoms with Gasteiger partial charge in [0, 0.05) is 24.2 Å². The number of hydrogen-bond acceptors (Lipinski definition) is 5. The van der Waals surface area contributed by atoms with Gasteiger partial charge in [-0.05, 0) is 24.3 Å². The van der Waals surface area contributed by atoms with Crippen molar-refractivity contribution in [2.24, 2.45) is 0 Å². The summed E-state index contributed by atoms with van der Waals surface area (Å²) in [5.74, 6) is -2.38. The maximum absolute atomic E-state index is 14.0. The predicted octanol–water partition coefficient (Wildman–Crippen LogP) is 1.69. The Bertz CT molecular complexity index is 1200. The minimum Gasteiger partial charge on any atom is -0.476 e. The van der Waals surface area contributed by atoms with E-state index >= 15 is 0 Å². The third-order valence-electron chi connectivity index (χ3n) is 3.98. The van der Waals surface area contributed by atoms with Gasteiger partial charge < -0.3 is 10.1 Å². The third kappa shape index (κ3) is 4.21. The number of nitrogens with zero attached hydrogens (tertiary/aromatic N) is 3. The standard InChI is InChI=1S/C19H16F2N4O4/c1-11(26)22-14-4-3-5-15(9-14)25-19(28)24(18(27)17(23-25)29-2)10-12-6-7-13(20)8-16(12)21/h3-9H,10H2,1-2H3,(H,22,26). The molecule has 0 atom stereocenters. The molecule has 3 aromatic rings. The normalized spacial score (nSPS) is 10.6. The molecule has 150 valence electrons. The molecule has 0 aliphatic heterocycles. The monoisotopic (exact) mass is 402 g/mol. The first-order valence-corrected chi connectivity index (χ1v) is 8.40. The fourth-order valence-corrected chi connectivity index (χ4v) is 2.67. The lowest BCUT2D eigenvalue weighted by atomic mass is 10.2. The summed E-state index contributed by atoms with van der Waals surface area (Å²) in [6.45, 7) is 0.881. The van der Waals surface area contributed by atoms with E-state index in [1.54, 1.807) is 12.1 Å². The Morgan fingerprint density at radius 3 is 2.59 bits per heavy atom. The number of carbonyl (C=O) groups excluding carboxylic acids is 1. The SMILES string of the molecule is COc1nn(-c2cccc(NC(C)=O)c2)c(=O)n(Cc2ccc(F)cc2F)c1=O. The Morgan fingerprint density at radius 2 is 1.93 bits per heavy atom. The lowest BCUT2D eigenvalue weighted by Crippen LogP contribution is -2.41. The summed E-state index contributed by atoms with van der Waals surface area (Å²) in [6, 6.07) is 9.03. The second-order valence-corrected chi connectivity index (χ2v) is 6.06. The molecule has 0 saturated heterocycles. The van der Waals surface area contributed by atoms with Crippen molar-refractivity contribution in [3.05, 3.63) is 80.5 Å². The molecule has 1 N–H and O–H groups in total. The molecule has 29 heavy (non-hydrogen) atoms. The van der Waals surface area contributed by atoms with Crippen LogP contribution in [0, 0.1) is 11.6 Å². The first kappa shape index (κ1) is 19.9. The van der Waals surface area contributed by atoms with Gasteiger partial charge in [0.25, 0.3) is 5.88 Å². The number of ether oxygens (including phenoxy) is 1. The molecule has 2 aromatic carbocycles. The van der Waals surface area contributed by atoms with E-state index in [0.717, 1.165) is 21.4 Å². The molecule has 3 rings (SSSR count). The Balaban J connectivity index is 2.15. The second kappa shape index (κ2) is 8.05. The third-order valence-corrected chi connectivity index (χ3v) is 3.98. The van der Waals surface area contributed by atoms with Gasteiger partial charge in [-0.3, -0.25) is 9.59 Å². The number of methoxy groups -OCH3 is 1. The molecule has 0 fully saturated rings. The average Bonchev–Trinajstić information content (AvgIpc) is 2.66. The molecule has 0 spiro atoms. The molecule has 0 aliphatic rings. The predicted molar refractivity (Wildman–Crippen MR) is 100 cm³/mol. The molecule has 0 aliphatic carbocycles. The van der Waals surface area contributed by atoms with E-state index in [1.165, 1.54) is 26.2 Å². The molecule has 0 unspecified atom stereocenters. The number of nitrogens with one attached hydrogen (secondary N) is 1. The number of aromatic nitrogens is 3. The van der Waals surface area contributed by atoms with E-state index in [-0.39, 0.29) is 17.2 Å². The first-order valence-electron chi connectivity index (χ1n) is 8.40. The van der Waals surface area contributed by atoms with Crippen molar-refractivity contribution in [3.8, 4) is 11.6 Å². The highest BCUT2D eigenvalue weighted by atomic mass is 19.1. The number of carbonyl (C=O) groups is 1. The molecule has 1 aromatic heterocycles. The number of hydrogen-bond donors (Lipinski definition) is 1. The van der Waals surface area contributed by atoms with Crippen LogP contribution in [0.1, 0.15) is 12.5 Å². The van der Waals surface area contributed by atoms with Gasteiger partial charge in [-0.25, -0.2) is 18.1 Å². The van der Waals surface area contributed by atoms with Gasteiger partial charge in [-0.1, -0.05) is 12.1 Å². The fourth-order valence-electron chi connectivity index (χ4n) is 2.67. The van der Waals surface area contributed by atoms with Crippen molar-refractivity contribution >= 4 is 11.6 Å². The van der Waals surface area contributed by atoms with Crippen LogP contribution in [-0.2, 0) is 11.3 Å². The zero-order valence-corrected chi connectivity index (χ0v) is 15.5. The van der Waals surface area contributed by atoms with Crippen LogP contribution in [0.3, 0.4) is 0 Å². The van der Waals surface area contributed by atoms with Crippen LogP contribution < -0.4 is 21.3 Å². The summed E-state index contributed by atoms with van der Waals surface area (Å²) in [5, 5.41) is 6.48. The van der Waals surface area contributed by atoms with Gasteiger partial charge in [0.2, 0.25) is 5.91 Å². The largest absolute Gasteiger partial charge is 0.476 e. The molecule has 0 saturated carbocycles. The number of rotatable bonds is 5. The molecule has 1 heterocycles. The number of amides is 1. The van der Waals surface area contributed by atoms with Crippen LogP contribution in [0.15, 0.2) is 52.1 Å². The molecule has 10 heteroatoms. The average molecular weight is 402 g/mol. The molecule has 0 radical (unpaired) electrons. The van der Waals surface area contributed by atoms with E-state index in [9.17, 15) is 23.2 Å². The Labute approximate surface area is 163 Å². The minimum absolute atomic E-state index is 0.0580. The molecule has 8 nitrogen and oxygen atoms in total. The van der Waals surface area contributed by atoms with Crippen molar-refractivity contribution in [1.29, 1.82) is 0 Å². The molecule has 1 amide bonds. The van der Waals surface area contributed by atoms with Crippen molar-refractivity contribution in [1.82, 2.24) is 14.3 Å². The Hall–Kier alpha value is -3.82. The van der Waals surface area contributed by atoms with E-state index in [0.29, 0.717) is 11.8 Å².